The van der Waals surface area contributed by atoms with Crippen LogP contribution < -0.4 is 24.5 Å². The summed E-state index contributed by atoms with van der Waals surface area (Å²) in [4.78, 5) is 18.1. The Hall–Kier alpha value is -3.37. The Balaban J connectivity index is 1.53. The van der Waals surface area contributed by atoms with E-state index in [0.717, 1.165) is 20.9 Å². The molecule has 2 heterocycles. The zero-order chi connectivity index (χ0) is 25.9. The van der Waals surface area contributed by atoms with Gasteiger partial charge in [-0.15, -0.1) is 0 Å². The SMILES string of the molecule is CCCc1nc2ccc(Br)cc2c(=O)n1N=Cc1cc(Br)cc(OC)c1OCc1ccc2c(c1)OCO2. The van der Waals surface area contributed by atoms with E-state index in [4.69, 9.17) is 23.9 Å². The fourth-order valence-corrected chi connectivity index (χ4v) is 4.81. The Morgan fingerprint density at radius 1 is 1.08 bits per heavy atom. The number of benzene rings is 3. The van der Waals surface area contributed by atoms with Crippen molar-refractivity contribution in [2.45, 2.75) is 26.4 Å². The van der Waals surface area contributed by atoms with E-state index in [2.05, 4.69) is 37.0 Å². The number of hydrogen-bond acceptors (Lipinski definition) is 7. The predicted octanol–water partition coefficient (Wildman–Crippen LogP) is 6.07. The highest BCUT2D eigenvalue weighted by Gasteiger charge is 2.16. The molecule has 0 fully saturated rings. The number of fused-ring (bicyclic) bond motifs is 2. The van der Waals surface area contributed by atoms with Gasteiger partial charge in [0.1, 0.15) is 12.4 Å². The summed E-state index contributed by atoms with van der Waals surface area (Å²) in [6.45, 7) is 2.51. The van der Waals surface area contributed by atoms with E-state index < -0.39 is 0 Å². The van der Waals surface area contributed by atoms with Gasteiger partial charge < -0.3 is 18.9 Å². The van der Waals surface area contributed by atoms with Crippen LogP contribution in [0.25, 0.3) is 10.9 Å². The fraction of sp³-hybridized carbons (Fsp3) is 0.222. The van der Waals surface area contributed by atoms with Gasteiger partial charge in [-0.25, -0.2) is 4.98 Å². The van der Waals surface area contributed by atoms with Gasteiger partial charge in [0.25, 0.3) is 5.56 Å². The van der Waals surface area contributed by atoms with Gasteiger partial charge in [-0.1, -0.05) is 44.8 Å². The molecule has 1 aliphatic rings. The molecule has 0 atom stereocenters. The van der Waals surface area contributed by atoms with E-state index in [1.54, 1.807) is 19.4 Å². The predicted molar refractivity (Wildman–Crippen MR) is 148 cm³/mol. The first-order valence-electron chi connectivity index (χ1n) is 11.6. The van der Waals surface area contributed by atoms with E-state index in [1.807, 2.05) is 49.4 Å². The molecule has 0 unspecified atom stereocenters. The molecule has 0 N–H and O–H groups in total. The molecule has 0 spiro atoms. The largest absolute Gasteiger partial charge is 0.493 e. The molecule has 0 bridgehead atoms. The average Bonchev–Trinajstić information content (AvgIpc) is 3.36. The molecule has 0 aliphatic carbocycles. The highest BCUT2D eigenvalue weighted by atomic mass is 79.9. The fourth-order valence-electron chi connectivity index (χ4n) is 4.00. The first-order chi connectivity index (χ1) is 18.0. The van der Waals surface area contributed by atoms with Gasteiger partial charge in [0, 0.05) is 20.9 Å². The van der Waals surface area contributed by atoms with Crippen LogP contribution in [0.1, 0.15) is 30.3 Å². The second kappa shape index (κ2) is 10.9. The number of halogens is 2. The topological polar surface area (TPSA) is 84.2 Å². The van der Waals surface area contributed by atoms with Crippen LogP contribution in [0.5, 0.6) is 23.0 Å². The number of hydrogen-bond donors (Lipinski definition) is 0. The molecule has 8 nitrogen and oxygen atoms in total. The molecule has 1 aliphatic heterocycles. The van der Waals surface area contributed by atoms with Crippen molar-refractivity contribution in [2.75, 3.05) is 13.9 Å². The standard InChI is InChI=1S/C27H23Br2N3O5/c1-3-4-25-31-21-7-6-18(28)11-20(21)27(33)32(25)30-13-17-10-19(29)12-24(34-2)26(17)35-14-16-5-8-22-23(9-16)37-15-36-22/h5-13H,3-4,14-15H2,1-2H3. The molecule has 3 aromatic carbocycles. The molecule has 5 rings (SSSR count). The zero-order valence-electron chi connectivity index (χ0n) is 20.2. The van der Waals surface area contributed by atoms with Crippen LogP contribution in [-0.2, 0) is 13.0 Å². The summed E-state index contributed by atoms with van der Waals surface area (Å²) in [5.41, 5.74) is 1.94. The van der Waals surface area contributed by atoms with E-state index in [0.29, 0.717) is 51.7 Å². The van der Waals surface area contributed by atoms with Crippen molar-refractivity contribution in [3.63, 3.8) is 0 Å². The van der Waals surface area contributed by atoms with Gasteiger partial charge in [0.15, 0.2) is 23.0 Å². The lowest BCUT2D eigenvalue weighted by Crippen LogP contribution is -2.22. The normalized spacial score (nSPS) is 12.4. The highest BCUT2D eigenvalue weighted by molar-refractivity contribution is 9.10. The maximum atomic E-state index is 13.4. The van der Waals surface area contributed by atoms with E-state index >= 15 is 0 Å². The number of ether oxygens (including phenoxy) is 4. The lowest BCUT2D eigenvalue weighted by atomic mass is 10.2. The number of aromatic nitrogens is 2. The van der Waals surface area contributed by atoms with Gasteiger partial charge in [0.05, 0.1) is 24.2 Å². The third-order valence-corrected chi connectivity index (χ3v) is 6.70. The van der Waals surface area contributed by atoms with Crippen LogP contribution >= 0.6 is 31.9 Å². The summed E-state index contributed by atoms with van der Waals surface area (Å²) in [6.07, 6.45) is 3.01. The summed E-state index contributed by atoms with van der Waals surface area (Å²) in [6, 6.07) is 14.8. The first kappa shape index (κ1) is 25.3. The molecule has 190 valence electrons. The van der Waals surface area contributed by atoms with E-state index in [-0.39, 0.29) is 19.0 Å². The van der Waals surface area contributed by atoms with Crippen molar-refractivity contribution in [2.24, 2.45) is 5.10 Å². The van der Waals surface area contributed by atoms with Gasteiger partial charge in [-0.2, -0.15) is 9.78 Å². The summed E-state index contributed by atoms with van der Waals surface area (Å²) in [5, 5.41) is 5.05. The molecule has 0 saturated heterocycles. The van der Waals surface area contributed by atoms with Gasteiger partial charge in [-0.05, 0) is 54.4 Å². The van der Waals surface area contributed by atoms with Crippen molar-refractivity contribution in [3.8, 4) is 23.0 Å². The molecular weight excluding hydrogens is 606 g/mol. The minimum absolute atomic E-state index is 0.209. The smallest absolute Gasteiger partial charge is 0.282 e. The van der Waals surface area contributed by atoms with Crippen LogP contribution in [-0.4, -0.2) is 29.8 Å². The number of methoxy groups -OCH3 is 1. The van der Waals surface area contributed by atoms with E-state index in [9.17, 15) is 4.79 Å². The minimum atomic E-state index is -0.240. The maximum Gasteiger partial charge on any atom is 0.282 e. The number of rotatable bonds is 8. The van der Waals surface area contributed by atoms with Crippen molar-refractivity contribution in [1.29, 1.82) is 0 Å². The molecule has 0 radical (unpaired) electrons. The van der Waals surface area contributed by atoms with E-state index in [1.165, 1.54) is 4.68 Å². The molecular formula is C27H23Br2N3O5. The summed E-state index contributed by atoms with van der Waals surface area (Å²) in [7, 11) is 1.57. The molecule has 10 heteroatoms. The minimum Gasteiger partial charge on any atom is -0.493 e. The van der Waals surface area contributed by atoms with Gasteiger partial charge >= 0.3 is 0 Å². The summed E-state index contributed by atoms with van der Waals surface area (Å²) in [5.74, 6) is 3.00. The Kier molecular flexibility index (Phi) is 7.48. The van der Waals surface area contributed by atoms with Crippen LogP contribution in [0.3, 0.4) is 0 Å². The Bertz CT molecular complexity index is 1570. The lowest BCUT2D eigenvalue weighted by Gasteiger charge is -2.15. The first-order valence-corrected chi connectivity index (χ1v) is 13.2. The lowest BCUT2D eigenvalue weighted by molar-refractivity contribution is 0.174. The molecule has 0 saturated carbocycles. The van der Waals surface area contributed by atoms with Gasteiger partial charge in [-0.3, -0.25) is 4.79 Å². The van der Waals surface area contributed by atoms with Crippen LogP contribution in [0.15, 0.2) is 67.4 Å². The monoisotopic (exact) mass is 627 g/mol. The van der Waals surface area contributed by atoms with Crippen LogP contribution in [0.2, 0.25) is 0 Å². The quantitative estimate of drug-likeness (QED) is 0.220. The molecule has 0 amide bonds. The second-order valence-corrected chi connectivity index (χ2v) is 10.1. The van der Waals surface area contributed by atoms with Crippen LogP contribution in [0, 0.1) is 0 Å². The molecule has 4 aromatic rings. The average molecular weight is 629 g/mol. The number of nitrogens with zero attached hydrogens (tertiary/aromatic N) is 3. The van der Waals surface area contributed by atoms with Crippen molar-refractivity contribution >= 4 is 49.0 Å². The third-order valence-electron chi connectivity index (χ3n) is 5.75. The van der Waals surface area contributed by atoms with Gasteiger partial charge in [0.2, 0.25) is 6.79 Å². The van der Waals surface area contributed by atoms with Crippen molar-refractivity contribution < 1.29 is 18.9 Å². The summed E-state index contributed by atoms with van der Waals surface area (Å²) >= 11 is 6.96. The Morgan fingerprint density at radius 3 is 2.73 bits per heavy atom. The zero-order valence-corrected chi connectivity index (χ0v) is 23.3. The Labute approximate surface area is 230 Å². The second-order valence-electron chi connectivity index (χ2n) is 8.30. The number of aryl methyl sites for hydroxylation is 1. The highest BCUT2D eigenvalue weighted by Crippen LogP contribution is 2.36. The van der Waals surface area contributed by atoms with Crippen molar-refractivity contribution in [1.82, 2.24) is 9.66 Å². The maximum absolute atomic E-state index is 13.4. The summed E-state index contributed by atoms with van der Waals surface area (Å²) < 4.78 is 25.6. The van der Waals surface area contributed by atoms with Crippen LogP contribution in [0.4, 0.5) is 0 Å². The third kappa shape index (κ3) is 5.35. The molecule has 1 aromatic heterocycles. The Morgan fingerprint density at radius 2 is 1.92 bits per heavy atom. The molecule has 37 heavy (non-hydrogen) atoms. The van der Waals surface area contributed by atoms with Crippen molar-refractivity contribution in [3.05, 3.63) is 84.8 Å².